The molecule has 0 aromatic carbocycles. The van der Waals surface area contributed by atoms with Crippen molar-refractivity contribution in [2.24, 2.45) is 7.05 Å². The second-order valence-corrected chi connectivity index (χ2v) is 3.93. The highest BCUT2D eigenvalue weighted by atomic mass is 16.5. The largest absolute Gasteiger partial charge is 0.467 e. The number of amides is 1. The number of aromatic nitrogens is 2. The molecule has 2 N–H and O–H groups in total. The summed E-state index contributed by atoms with van der Waals surface area (Å²) in [6, 6.07) is -0.677. The van der Waals surface area contributed by atoms with Crippen molar-refractivity contribution in [3.05, 3.63) is 18.0 Å². The van der Waals surface area contributed by atoms with Gasteiger partial charge in [0.05, 0.1) is 13.3 Å². The molecule has 0 bridgehead atoms. The molecule has 1 unspecified atom stereocenters. The first-order chi connectivity index (χ1) is 8.52. The van der Waals surface area contributed by atoms with Gasteiger partial charge in [0.25, 0.3) is 0 Å². The van der Waals surface area contributed by atoms with E-state index in [4.69, 9.17) is 0 Å². The van der Waals surface area contributed by atoms with Gasteiger partial charge in [-0.3, -0.25) is 9.48 Å². The number of carbonyl (C=O) groups is 2. The van der Waals surface area contributed by atoms with Crippen molar-refractivity contribution < 1.29 is 14.3 Å². The SMILES string of the molecule is COC(=O)C(CNCc1cnn(C)c1)NC(C)=O. The lowest BCUT2D eigenvalue weighted by molar-refractivity contribution is -0.144. The Labute approximate surface area is 105 Å². The molecule has 0 radical (unpaired) electrons. The molecule has 0 spiro atoms. The average Bonchev–Trinajstić information content (AvgIpc) is 2.72. The zero-order chi connectivity index (χ0) is 13.5. The minimum atomic E-state index is -0.677. The number of nitrogens with zero attached hydrogens (tertiary/aromatic N) is 2. The van der Waals surface area contributed by atoms with Crippen LogP contribution >= 0.6 is 0 Å². The first kappa shape index (κ1) is 14.2. The third kappa shape index (κ3) is 4.54. The summed E-state index contributed by atoms with van der Waals surface area (Å²) in [7, 11) is 3.12. The molecular formula is C11H18N4O3. The van der Waals surface area contributed by atoms with Crippen LogP contribution in [0.4, 0.5) is 0 Å². The lowest BCUT2D eigenvalue weighted by atomic mass is 10.2. The number of ether oxygens (including phenoxy) is 1. The van der Waals surface area contributed by atoms with Gasteiger partial charge in [0, 0.05) is 38.8 Å². The molecule has 0 aliphatic rings. The Morgan fingerprint density at radius 1 is 1.56 bits per heavy atom. The fourth-order valence-electron chi connectivity index (χ4n) is 1.50. The van der Waals surface area contributed by atoms with Crippen LogP contribution in [0.2, 0.25) is 0 Å². The fraction of sp³-hybridized carbons (Fsp3) is 0.545. The molecule has 1 aromatic heterocycles. The van der Waals surface area contributed by atoms with Crippen molar-refractivity contribution in [3.8, 4) is 0 Å². The van der Waals surface area contributed by atoms with Crippen molar-refractivity contribution in [2.45, 2.75) is 19.5 Å². The molecule has 7 heteroatoms. The van der Waals surface area contributed by atoms with Crippen molar-refractivity contribution >= 4 is 11.9 Å². The topological polar surface area (TPSA) is 85.2 Å². The Kier molecular flexibility index (Phi) is 5.31. The van der Waals surface area contributed by atoms with Crippen LogP contribution < -0.4 is 10.6 Å². The van der Waals surface area contributed by atoms with E-state index in [1.54, 1.807) is 10.9 Å². The Bertz CT molecular complexity index is 416. The van der Waals surface area contributed by atoms with Gasteiger partial charge in [-0.1, -0.05) is 0 Å². The normalized spacial score (nSPS) is 11.9. The number of nitrogens with one attached hydrogen (secondary N) is 2. The van der Waals surface area contributed by atoms with Crippen LogP contribution in [0.3, 0.4) is 0 Å². The van der Waals surface area contributed by atoms with Gasteiger partial charge in [-0.15, -0.1) is 0 Å². The maximum atomic E-state index is 11.4. The molecule has 0 aliphatic heterocycles. The first-order valence-corrected chi connectivity index (χ1v) is 5.56. The number of esters is 1. The highest BCUT2D eigenvalue weighted by Crippen LogP contribution is 1.95. The van der Waals surface area contributed by atoms with Crippen LogP contribution in [0.1, 0.15) is 12.5 Å². The second-order valence-electron chi connectivity index (χ2n) is 3.93. The summed E-state index contributed by atoms with van der Waals surface area (Å²) in [5.41, 5.74) is 1.00. The molecule has 100 valence electrons. The second kappa shape index (κ2) is 6.75. The van der Waals surface area contributed by atoms with E-state index in [1.807, 2.05) is 13.2 Å². The standard InChI is InChI=1S/C11H18N4O3/c1-8(16)14-10(11(17)18-3)6-12-4-9-5-13-15(2)7-9/h5,7,10,12H,4,6H2,1-3H3,(H,14,16). The Morgan fingerprint density at radius 2 is 2.28 bits per heavy atom. The zero-order valence-corrected chi connectivity index (χ0v) is 10.8. The van der Waals surface area contributed by atoms with Crippen LogP contribution in [0, 0.1) is 0 Å². The Morgan fingerprint density at radius 3 is 2.78 bits per heavy atom. The maximum absolute atomic E-state index is 11.4. The van der Waals surface area contributed by atoms with E-state index in [0.717, 1.165) is 5.56 Å². The third-order valence-electron chi connectivity index (χ3n) is 2.30. The number of carbonyl (C=O) groups excluding carboxylic acids is 2. The van der Waals surface area contributed by atoms with Crippen molar-refractivity contribution in [1.82, 2.24) is 20.4 Å². The molecule has 1 heterocycles. The molecule has 18 heavy (non-hydrogen) atoms. The first-order valence-electron chi connectivity index (χ1n) is 5.56. The average molecular weight is 254 g/mol. The van der Waals surface area contributed by atoms with E-state index in [2.05, 4.69) is 20.5 Å². The van der Waals surface area contributed by atoms with Gasteiger partial charge in [-0.05, 0) is 0 Å². The zero-order valence-electron chi connectivity index (χ0n) is 10.8. The molecule has 0 fully saturated rings. The summed E-state index contributed by atoms with van der Waals surface area (Å²) in [5.74, 6) is -0.738. The van der Waals surface area contributed by atoms with Crippen molar-refractivity contribution in [2.75, 3.05) is 13.7 Å². The number of rotatable bonds is 6. The number of hydrogen-bond acceptors (Lipinski definition) is 5. The van der Waals surface area contributed by atoms with E-state index in [0.29, 0.717) is 13.1 Å². The van der Waals surface area contributed by atoms with Gasteiger partial charge in [0.2, 0.25) is 5.91 Å². The maximum Gasteiger partial charge on any atom is 0.329 e. The number of methoxy groups -OCH3 is 1. The van der Waals surface area contributed by atoms with Crippen LogP contribution in [0.15, 0.2) is 12.4 Å². The lowest BCUT2D eigenvalue weighted by Gasteiger charge is -2.15. The van der Waals surface area contributed by atoms with Gasteiger partial charge in [-0.25, -0.2) is 4.79 Å². The molecular weight excluding hydrogens is 236 g/mol. The summed E-state index contributed by atoms with van der Waals surface area (Å²) in [6.07, 6.45) is 3.61. The predicted octanol–water partition coefficient (Wildman–Crippen LogP) is -0.813. The lowest BCUT2D eigenvalue weighted by Crippen LogP contribution is -2.46. The fourth-order valence-corrected chi connectivity index (χ4v) is 1.50. The molecule has 1 atom stereocenters. The van der Waals surface area contributed by atoms with Gasteiger partial charge >= 0.3 is 5.97 Å². The molecule has 0 saturated carbocycles. The van der Waals surface area contributed by atoms with E-state index < -0.39 is 12.0 Å². The number of aryl methyl sites for hydroxylation is 1. The number of hydrogen-bond donors (Lipinski definition) is 2. The minimum absolute atomic E-state index is 0.270. The van der Waals surface area contributed by atoms with Crippen LogP contribution in [0.5, 0.6) is 0 Å². The predicted molar refractivity (Wildman–Crippen MR) is 64.5 cm³/mol. The third-order valence-corrected chi connectivity index (χ3v) is 2.30. The van der Waals surface area contributed by atoms with Gasteiger partial charge in [0.15, 0.2) is 0 Å². The molecule has 1 rings (SSSR count). The van der Waals surface area contributed by atoms with Gasteiger partial charge in [-0.2, -0.15) is 5.10 Å². The van der Waals surface area contributed by atoms with Gasteiger partial charge < -0.3 is 15.4 Å². The quantitative estimate of drug-likeness (QED) is 0.648. The molecule has 0 aliphatic carbocycles. The molecule has 0 saturated heterocycles. The molecule has 7 nitrogen and oxygen atoms in total. The summed E-state index contributed by atoms with van der Waals surface area (Å²) in [5, 5.41) is 9.62. The summed E-state index contributed by atoms with van der Waals surface area (Å²) >= 11 is 0. The smallest absolute Gasteiger partial charge is 0.329 e. The van der Waals surface area contributed by atoms with E-state index in [-0.39, 0.29) is 5.91 Å². The minimum Gasteiger partial charge on any atom is -0.467 e. The monoisotopic (exact) mass is 254 g/mol. The highest BCUT2D eigenvalue weighted by molar-refractivity contribution is 5.83. The Balaban J connectivity index is 2.41. The van der Waals surface area contributed by atoms with E-state index in [9.17, 15) is 9.59 Å². The van der Waals surface area contributed by atoms with Gasteiger partial charge in [0.1, 0.15) is 6.04 Å². The summed E-state index contributed by atoms with van der Waals surface area (Å²) in [6.45, 7) is 2.24. The summed E-state index contributed by atoms with van der Waals surface area (Å²) < 4.78 is 6.31. The Hall–Kier alpha value is -1.89. The van der Waals surface area contributed by atoms with E-state index in [1.165, 1.54) is 14.0 Å². The summed E-state index contributed by atoms with van der Waals surface area (Å²) in [4.78, 5) is 22.4. The van der Waals surface area contributed by atoms with Crippen LogP contribution in [0.25, 0.3) is 0 Å². The van der Waals surface area contributed by atoms with Crippen LogP contribution in [-0.2, 0) is 27.9 Å². The van der Waals surface area contributed by atoms with Crippen molar-refractivity contribution in [3.63, 3.8) is 0 Å². The molecule has 1 amide bonds. The van der Waals surface area contributed by atoms with Crippen LogP contribution in [-0.4, -0.2) is 41.4 Å². The molecule has 1 aromatic rings. The van der Waals surface area contributed by atoms with Crippen molar-refractivity contribution in [1.29, 1.82) is 0 Å². The highest BCUT2D eigenvalue weighted by Gasteiger charge is 2.19. The van der Waals surface area contributed by atoms with E-state index >= 15 is 0 Å².